The van der Waals surface area contributed by atoms with Crippen LogP contribution in [0.3, 0.4) is 0 Å². The van der Waals surface area contributed by atoms with E-state index in [0.717, 1.165) is 0 Å². The SMILES string of the molecule is Nc1[nH]nc2[nH]nc(NC(=O)c3ccccc3)c12. The van der Waals surface area contributed by atoms with Gasteiger partial charge in [0.05, 0.1) is 0 Å². The molecule has 18 heavy (non-hydrogen) atoms. The van der Waals surface area contributed by atoms with Crippen molar-refractivity contribution in [2.75, 3.05) is 11.1 Å². The van der Waals surface area contributed by atoms with Crippen molar-refractivity contribution in [1.29, 1.82) is 0 Å². The van der Waals surface area contributed by atoms with Crippen molar-refractivity contribution in [3.05, 3.63) is 35.9 Å². The lowest BCUT2D eigenvalue weighted by atomic mass is 10.2. The van der Waals surface area contributed by atoms with E-state index in [0.29, 0.717) is 28.2 Å². The molecule has 90 valence electrons. The summed E-state index contributed by atoms with van der Waals surface area (Å²) in [4.78, 5) is 12.0. The minimum atomic E-state index is -0.246. The summed E-state index contributed by atoms with van der Waals surface area (Å²) in [7, 11) is 0. The van der Waals surface area contributed by atoms with Crippen LogP contribution in [0.1, 0.15) is 10.4 Å². The molecule has 5 N–H and O–H groups in total. The van der Waals surface area contributed by atoms with Gasteiger partial charge in [0, 0.05) is 5.56 Å². The average Bonchev–Trinajstić information content (AvgIpc) is 2.95. The van der Waals surface area contributed by atoms with E-state index >= 15 is 0 Å². The molecule has 0 aliphatic heterocycles. The van der Waals surface area contributed by atoms with E-state index in [1.54, 1.807) is 24.3 Å². The molecule has 0 fully saturated rings. The van der Waals surface area contributed by atoms with Gasteiger partial charge in [0.15, 0.2) is 11.5 Å². The van der Waals surface area contributed by atoms with E-state index < -0.39 is 0 Å². The maximum atomic E-state index is 12.0. The minimum Gasteiger partial charge on any atom is -0.383 e. The third kappa shape index (κ3) is 1.58. The summed E-state index contributed by atoms with van der Waals surface area (Å²) in [5.41, 5.74) is 6.77. The zero-order valence-electron chi connectivity index (χ0n) is 9.27. The summed E-state index contributed by atoms with van der Waals surface area (Å²) in [6.45, 7) is 0. The Morgan fingerprint density at radius 1 is 1.17 bits per heavy atom. The number of carbonyl (C=O) groups is 1. The van der Waals surface area contributed by atoms with Gasteiger partial charge in [0.2, 0.25) is 0 Å². The fourth-order valence-corrected chi connectivity index (χ4v) is 1.70. The Hall–Kier alpha value is -2.83. The summed E-state index contributed by atoms with van der Waals surface area (Å²) in [5.74, 6) is 0.483. The van der Waals surface area contributed by atoms with Crippen LogP contribution in [0.15, 0.2) is 30.3 Å². The summed E-state index contributed by atoms with van der Waals surface area (Å²) in [6, 6.07) is 8.87. The molecule has 0 radical (unpaired) electrons. The van der Waals surface area contributed by atoms with Crippen molar-refractivity contribution in [3.63, 3.8) is 0 Å². The number of amides is 1. The lowest BCUT2D eigenvalue weighted by Crippen LogP contribution is -2.12. The lowest BCUT2D eigenvalue weighted by Gasteiger charge is -2.01. The topological polar surface area (TPSA) is 112 Å². The lowest BCUT2D eigenvalue weighted by molar-refractivity contribution is 0.102. The molecule has 7 nitrogen and oxygen atoms in total. The van der Waals surface area contributed by atoms with E-state index in [2.05, 4.69) is 25.7 Å². The highest BCUT2D eigenvalue weighted by Gasteiger charge is 2.14. The van der Waals surface area contributed by atoms with Crippen molar-refractivity contribution in [3.8, 4) is 0 Å². The monoisotopic (exact) mass is 242 g/mol. The van der Waals surface area contributed by atoms with Crippen LogP contribution in [-0.4, -0.2) is 26.3 Å². The van der Waals surface area contributed by atoms with Crippen LogP contribution in [0.25, 0.3) is 11.0 Å². The molecule has 0 saturated heterocycles. The van der Waals surface area contributed by atoms with Crippen molar-refractivity contribution in [2.24, 2.45) is 0 Å². The standard InChI is InChI=1S/C11H10N6O/c12-8-7-9(15-17-10(7)16-14-8)13-11(18)6-4-2-1-3-5-6/h1-5H,(H5,12,13,14,15,16,17,18). The van der Waals surface area contributed by atoms with Gasteiger partial charge in [0.1, 0.15) is 11.2 Å². The number of hydrogen-bond donors (Lipinski definition) is 4. The van der Waals surface area contributed by atoms with Gasteiger partial charge in [-0.15, -0.1) is 0 Å². The minimum absolute atomic E-state index is 0.246. The van der Waals surface area contributed by atoms with Crippen molar-refractivity contribution in [1.82, 2.24) is 20.4 Å². The van der Waals surface area contributed by atoms with E-state index in [1.807, 2.05) is 6.07 Å². The molecule has 2 heterocycles. The molecule has 7 heteroatoms. The molecule has 0 spiro atoms. The maximum Gasteiger partial charge on any atom is 0.256 e. The molecular formula is C11H10N6O. The van der Waals surface area contributed by atoms with Crippen LogP contribution in [0.5, 0.6) is 0 Å². The number of nitrogens with one attached hydrogen (secondary N) is 3. The van der Waals surface area contributed by atoms with Crippen LogP contribution in [0.2, 0.25) is 0 Å². The maximum absolute atomic E-state index is 12.0. The molecule has 3 rings (SSSR count). The second-order valence-electron chi connectivity index (χ2n) is 3.75. The van der Waals surface area contributed by atoms with Crippen molar-refractivity contribution in [2.45, 2.75) is 0 Å². The van der Waals surface area contributed by atoms with Crippen LogP contribution in [0.4, 0.5) is 11.6 Å². The summed E-state index contributed by atoms with van der Waals surface area (Å²) in [6.07, 6.45) is 0. The first-order valence-electron chi connectivity index (χ1n) is 5.30. The number of H-pyrrole nitrogens is 2. The summed E-state index contributed by atoms with van der Waals surface area (Å²) < 4.78 is 0. The molecule has 1 amide bonds. The van der Waals surface area contributed by atoms with Crippen LogP contribution < -0.4 is 11.1 Å². The second-order valence-corrected chi connectivity index (χ2v) is 3.75. The van der Waals surface area contributed by atoms with Crippen molar-refractivity contribution < 1.29 is 4.79 Å². The van der Waals surface area contributed by atoms with Gasteiger partial charge >= 0.3 is 0 Å². The number of benzene rings is 1. The average molecular weight is 242 g/mol. The Balaban J connectivity index is 1.93. The predicted octanol–water partition coefficient (Wildman–Crippen LogP) is 1.12. The molecule has 0 saturated carbocycles. The van der Waals surface area contributed by atoms with Gasteiger partial charge in [-0.05, 0) is 12.1 Å². The molecule has 1 aromatic carbocycles. The third-order valence-electron chi connectivity index (χ3n) is 2.57. The first kappa shape index (κ1) is 10.3. The molecule has 0 unspecified atom stereocenters. The second kappa shape index (κ2) is 3.88. The number of hydrogen-bond acceptors (Lipinski definition) is 4. The van der Waals surface area contributed by atoms with Gasteiger partial charge in [-0.1, -0.05) is 18.2 Å². The van der Waals surface area contributed by atoms with E-state index in [1.165, 1.54) is 0 Å². The number of nitrogen functional groups attached to an aromatic ring is 1. The molecule has 0 atom stereocenters. The molecule has 0 aliphatic carbocycles. The number of nitrogens with two attached hydrogens (primary N) is 1. The Bertz CT molecular complexity index is 699. The number of carbonyl (C=O) groups excluding carboxylic acids is 1. The van der Waals surface area contributed by atoms with Gasteiger partial charge in [-0.3, -0.25) is 15.0 Å². The Labute approximate surface area is 101 Å². The highest BCUT2D eigenvalue weighted by atomic mass is 16.1. The van der Waals surface area contributed by atoms with Crippen molar-refractivity contribution >= 4 is 28.6 Å². The molecule has 3 aromatic rings. The number of rotatable bonds is 2. The number of aromatic nitrogens is 4. The Kier molecular flexibility index (Phi) is 2.23. The number of aromatic amines is 2. The van der Waals surface area contributed by atoms with Gasteiger partial charge < -0.3 is 11.1 Å². The third-order valence-corrected chi connectivity index (χ3v) is 2.57. The van der Waals surface area contributed by atoms with Crippen LogP contribution in [0, 0.1) is 0 Å². The highest BCUT2D eigenvalue weighted by Crippen LogP contribution is 2.24. The van der Waals surface area contributed by atoms with Gasteiger partial charge in [-0.25, -0.2) is 0 Å². The van der Waals surface area contributed by atoms with Crippen LogP contribution >= 0.6 is 0 Å². The zero-order chi connectivity index (χ0) is 12.5. The highest BCUT2D eigenvalue weighted by molar-refractivity contribution is 6.09. The number of fused-ring (bicyclic) bond motifs is 1. The quantitative estimate of drug-likeness (QED) is 0.539. The van der Waals surface area contributed by atoms with Crippen LogP contribution in [-0.2, 0) is 0 Å². The molecule has 2 aromatic heterocycles. The Morgan fingerprint density at radius 2 is 1.94 bits per heavy atom. The first-order valence-corrected chi connectivity index (χ1v) is 5.30. The molecular weight excluding hydrogens is 232 g/mol. The first-order chi connectivity index (χ1) is 8.75. The largest absolute Gasteiger partial charge is 0.383 e. The van der Waals surface area contributed by atoms with E-state index in [-0.39, 0.29) is 5.91 Å². The normalized spacial score (nSPS) is 10.7. The van der Waals surface area contributed by atoms with E-state index in [9.17, 15) is 4.79 Å². The molecule has 0 aliphatic rings. The Morgan fingerprint density at radius 3 is 2.72 bits per heavy atom. The summed E-state index contributed by atoms with van der Waals surface area (Å²) >= 11 is 0. The number of nitrogens with zero attached hydrogens (tertiary/aromatic N) is 2. The smallest absolute Gasteiger partial charge is 0.256 e. The van der Waals surface area contributed by atoms with Gasteiger partial charge in [0.25, 0.3) is 5.91 Å². The zero-order valence-corrected chi connectivity index (χ0v) is 9.27. The fraction of sp³-hybridized carbons (Fsp3) is 0. The van der Waals surface area contributed by atoms with E-state index in [4.69, 9.17) is 5.73 Å². The predicted molar refractivity (Wildman–Crippen MR) is 67.0 cm³/mol. The number of anilines is 2. The van der Waals surface area contributed by atoms with Gasteiger partial charge in [-0.2, -0.15) is 10.2 Å². The fourth-order valence-electron chi connectivity index (χ4n) is 1.70. The molecule has 0 bridgehead atoms. The summed E-state index contributed by atoms with van der Waals surface area (Å²) in [5, 5.41) is 16.4.